The molecule has 0 aliphatic carbocycles. The van der Waals surface area contributed by atoms with Crippen LogP contribution in [0.3, 0.4) is 0 Å². The first-order valence-corrected chi connectivity index (χ1v) is 11.5. The Morgan fingerprint density at radius 1 is 0.647 bits per heavy atom. The highest BCUT2D eigenvalue weighted by molar-refractivity contribution is 5.15. The van der Waals surface area contributed by atoms with Gasteiger partial charge in [-0.2, -0.15) is 0 Å². The van der Waals surface area contributed by atoms with Crippen LogP contribution in [0.15, 0.2) is 48.9 Å². The molecule has 3 aromatic heterocycles. The smallest absolute Gasteiger partial charge is 0.0967 e. The van der Waals surface area contributed by atoms with Crippen molar-refractivity contribution < 1.29 is 0 Å². The Morgan fingerprint density at radius 2 is 1.12 bits per heavy atom. The molecule has 1 aromatic carbocycles. The van der Waals surface area contributed by atoms with Crippen LogP contribution in [0, 0.1) is 0 Å². The van der Waals surface area contributed by atoms with E-state index in [-0.39, 0.29) is 11.1 Å². The molecule has 10 nitrogen and oxygen atoms in total. The van der Waals surface area contributed by atoms with Gasteiger partial charge in [0.15, 0.2) is 0 Å². The van der Waals surface area contributed by atoms with Gasteiger partial charge in [0.2, 0.25) is 0 Å². The summed E-state index contributed by atoms with van der Waals surface area (Å²) in [5.74, 6) is 0. The molecule has 4 rings (SSSR count). The van der Waals surface area contributed by atoms with E-state index < -0.39 is 0 Å². The van der Waals surface area contributed by atoms with E-state index in [1.165, 1.54) is 5.56 Å². The maximum Gasteiger partial charge on any atom is 0.0967 e. The summed E-state index contributed by atoms with van der Waals surface area (Å²) in [6.07, 6.45) is 6.01. The van der Waals surface area contributed by atoms with Gasteiger partial charge in [0.1, 0.15) is 0 Å². The Balaban J connectivity index is 1.51. The molecule has 0 fully saturated rings. The van der Waals surface area contributed by atoms with Gasteiger partial charge in [0.05, 0.1) is 53.3 Å². The summed E-state index contributed by atoms with van der Waals surface area (Å²) < 4.78 is 5.66. The molecule has 0 saturated heterocycles. The monoisotopic (exact) mass is 462 g/mol. The van der Waals surface area contributed by atoms with Crippen molar-refractivity contribution in [2.75, 3.05) is 0 Å². The van der Waals surface area contributed by atoms with E-state index in [1.54, 1.807) is 0 Å². The number of hydrogen-bond acceptors (Lipinski definition) is 7. The minimum absolute atomic E-state index is 0.119. The van der Waals surface area contributed by atoms with E-state index in [9.17, 15) is 0 Å². The molecule has 10 heteroatoms. The summed E-state index contributed by atoms with van der Waals surface area (Å²) in [5.41, 5.74) is 3.64. The summed E-state index contributed by atoms with van der Waals surface area (Å²) in [5, 5.41) is 26.2. The molecule has 0 bridgehead atoms. The summed E-state index contributed by atoms with van der Waals surface area (Å²) in [6, 6.07) is 10.3. The molecule has 0 unspecified atom stereocenters. The maximum absolute atomic E-state index is 4.41. The fraction of sp³-hybridized carbons (Fsp3) is 0.500. The van der Waals surface area contributed by atoms with Crippen molar-refractivity contribution in [3.63, 3.8) is 0 Å². The Kier molecular flexibility index (Phi) is 6.60. The predicted molar refractivity (Wildman–Crippen MR) is 129 cm³/mol. The Labute approximate surface area is 200 Å². The zero-order valence-electron chi connectivity index (χ0n) is 20.9. The molecule has 180 valence electrons. The van der Waals surface area contributed by atoms with E-state index in [0.717, 1.165) is 17.1 Å². The fourth-order valence-corrected chi connectivity index (χ4v) is 3.51. The van der Waals surface area contributed by atoms with Crippen LogP contribution in [0.25, 0.3) is 0 Å². The molecule has 34 heavy (non-hydrogen) atoms. The van der Waals surface area contributed by atoms with E-state index >= 15 is 0 Å². The van der Waals surface area contributed by atoms with Crippen molar-refractivity contribution >= 4 is 0 Å². The van der Waals surface area contributed by atoms with Gasteiger partial charge in [-0.05, 0) is 47.1 Å². The first kappa shape index (κ1) is 23.7. The zero-order valence-corrected chi connectivity index (χ0v) is 20.9. The van der Waals surface area contributed by atoms with E-state index in [1.807, 2.05) is 50.8 Å². The normalized spacial score (nSPS) is 12.6. The average Bonchev–Trinajstić information content (AvgIpc) is 3.50. The SMILES string of the molecule is CC(C)(C)n1cc(CN(Cc2cn(Cc3ccccc3)nn2)Cc2cn(C(C)(C)C)nn2)nn1. The van der Waals surface area contributed by atoms with Crippen LogP contribution in [0.2, 0.25) is 0 Å². The van der Waals surface area contributed by atoms with Crippen LogP contribution in [0.4, 0.5) is 0 Å². The Hall–Kier alpha value is -3.40. The van der Waals surface area contributed by atoms with Crippen LogP contribution in [-0.2, 0) is 37.3 Å². The minimum atomic E-state index is -0.119. The molecule has 0 amide bonds. The van der Waals surface area contributed by atoms with Gasteiger partial charge < -0.3 is 0 Å². The first-order chi connectivity index (χ1) is 16.1. The summed E-state index contributed by atoms with van der Waals surface area (Å²) >= 11 is 0. The van der Waals surface area contributed by atoms with Crippen molar-refractivity contribution in [1.29, 1.82) is 0 Å². The predicted octanol–water partition coefficient (Wildman–Crippen LogP) is 3.22. The van der Waals surface area contributed by atoms with Crippen molar-refractivity contribution in [1.82, 2.24) is 49.9 Å². The second-order valence-electron chi connectivity index (χ2n) is 10.7. The van der Waals surface area contributed by atoms with Crippen molar-refractivity contribution in [3.8, 4) is 0 Å². The molecular formula is C24H34N10. The van der Waals surface area contributed by atoms with Gasteiger partial charge in [0, 0.05) is 19.6 Å². The second kappa shape index (κ2) is 9.46. The van der Waals surface area contributed by atoms with Gasteiger partial charge in [0.25, 0.3) is 0 Å². The topological polar surface area (TPSA) is 95.4 Å². The van der Waals surface area contributed by atoms with Crippen molar-refractivity contribution in [2.45, 2.75) is 78.8 Å². The lowest BCUT2D eigenvalue weighted by Gasteiger charge is -2.20. The number of rotatable bonds is 8. The molecule has 0 N–H and O–H groups in total. The van der Waals surface area contributed by atoms with E-state index in [0.29, 0.717) is 26.2 Å². The number of benzene rings is 1. The van der Waals surface area contributed by atoms with Gasteiger partial charge in [-0.3, -0.25) is 4.90 Å². The Morgan fingerprint density at radius 3 is 1.59 bits per heavy atom. The second-order valence-corrected chi connectivity index (χ2v) is 10.7. The minimum Gasteiger partial charge on any atom is -0.285 e. The van der Waals surface area contributed by atoms with Gasteiger partial charge in [-0.15, -0.1) is 15.3 Å². The van der Waals surface area contributed by atoms with Gasteiger partial charge in [-0.25, -0.2) is 14.0 Å². The van der Waals surface area contributed by atoms with Gasteiger partial charge >= 0.3 is 0 Å². The number of aromatic nitrogens is 9. The lowest BCUT2D eigenvalue weighted by Crippen LogP contribution is -2.24. The molecule has 0 aliphatic heterocycles. The highest BCUT2D eigenvalue weighted by Crippen LogP contribution is 2.17. The van der Waals surface area contributed by atoms with Crippen LogP contribution >= 0.6 is 0 Å². The van der Waals surface area contributed by atoms with Crippen LogP contribution in [0.5, 0.6) is 0 Å². The third kappa shape index (κ3) is 6.13. The molecule has 3 heterocycles. The highest BCUT2D eigenvalue weighted by Gasteiger charge is 2.20. The average molecular weight is 463 g/mol. The highest BCUT2D eigenvalue weighted by atomic mass is 15.5. The molecule has 0 spiro atoms. The number of hydrogen-bond donors (Lipinski definition) is 0. The van der Waals surface area contributed by atoms with Crippen LogP contribution in [0.1, 0.15) is 64.2 Å². The zero-order chi connectivity index (χ0) is 24.3. The van der Waals surface area contributed by atoms with E-state index in [4.69, 9.17) is 0 Å². The largest absolute Gasteiger partial charge is 0.285 e. The Bertz CT molecular complexity index is 1140. The molecule has 0 radical (unpaired) electrons. The lowest BCUT2D eigenvalue weighted by molar-refractivity contribution is 0.238. The van der Waals surface area contributed by atoms with E-state index in [2.05, 4.69) is 89.5 Å². The fourth-order valence-electron chi connectivity index (χ4n) is 3.51. The quantitative estimate of drug-likeness (QED) is 0.397. The summed E-state index contributed by atoms with van der Waals surface area (Å²) in [7, 11) is 0. The lowest BCUT2D eigenvalue weighted by atomic mass is 10.1. The number of nitrogens with zero attached hydrogens (tertiary/aromatic N) is 10. The first-order valence-electron chi connectivity index (χ1n) is 11.5. The van der Waals surface area contributed by atoms with Crippen LogP contribution < -0.4 is 0 Å². The van der Waals surface area contributed by atoms with Crippen molar-refractivity contribution in [3.05, 3.63) is 71.6 Å². The molecule has 4 aromatic rings. The van der Waals surface area contributed by atoms with Crippen molar-refractivity contribution in [2.24, 2.45) is 0 Å². The maximum atomic E-state index is 4.41. The summed E-state index contributed by atoms with van der Waals surface area (Å²) in [4.78, 5) is 2.24. The standard InChI is InChI=1S/C24H34N10/c1-23(2,3)33-17-21(26-29-33)14-31(15-22-18-34(30-27-22)24(4,5)6)13-20-16-32(28-25-20)12-19-10-8-7-9-11-19/h7-11,16-18H,12-15H2,1-6H3. The molecule has 0 aliphatic rings. The van der Waals surface area contributed by atoms with Crippen LogP contribution in [-0.4, -0.2) is 49.9 Å². The summed E-state index contributed by atoms with van der Waals surface area (Å²) in [6.45, 7) is 15.2. The third-order valence-electron chi connectivity index (χ3n) is 5.39. The molecule has 0 saturated carbocycles. The van der Waals surface area contributed by atoms with Gasteiger partial charge in [-0.1, -0.05) is 46.0 Å². The third-order valence-corrected chi connectivity index (χ3v) is 5.39. The molecular weight excluding hydrogens is 428 g/mol. The molecule has 0 atom stereocenters.